The van der Waals surface area contributed by atoms with Gasteiger partial charge in [-0.05, 0) is 30.5 Å². The van der Waals surface area contributed by atoms with Gasteiger partial charge in [0, 0.05) is 26.7 Å². The first-order valence-electron chi connectivity index (χ1n) is 10.6. The summed E-state index contributed by atoms with van der Waals surface area (Å²) in [6, 6.07) is -0.193. The smallest absolute Gasteiger partial charge is 0.309 e. The zero-order valence-electron chi connectivity index (χ0n) is 19.7. The van der Waals surface area contributed by atoms with Crippen molar-refractivity contribution in [2.24, 2.45) is 0 Å². The van der Waals surface area contributed by atoms with Crippen LogP contribution in [0.25, 0.3) is 0 Å². The Hall–Kier alpha value is -3.14. The van der Waals surface area contributed by atoms with Crippen molar-refractivity contribution in [1.29, 1.82) is 0 Å². The van der Waals surface area contributed by atoms with Gasteiger partial charge in [0.25, 0.3) is 5.91 Å². The molecule has 0 saturated heterocycles. The molecule has 0 aliphatic carbocycles. The van der Waals surface area contributed by atoms with Crippen LogP contribution < -0.4 is 15.4 Å². The lowest BCUT2D eigenvalue weighted by atomic mass is 9.92. The van der Waals surface area contributed by atoms with E-state index in [9.17, 15) is 37.0 Å². The minimum Gasteiger partial charge on any atom is -0.431 e. The fourth-order valence-electron chi connectivity index (χ4n) is 3.38. The highest BCUT2D eigenvalue weighted by atomic mass is 32.2. The van der Waals surface area contributed by atoms with Crippen molar-refractivity contribution in [1.82, 2.24) is 15.6 Å². The van der Waals surface area contributed by atoms with Gasteiger partial charge in [-0.3, -0.25) is 9.59 Å². The van der Waals surface area contributed by atoms with Crippen molar-refractivity contribution in [2.75, 3.05) is 24.7 Å². The van der Waals surface area contributed by atoms with Crippen LogP contribution in [0.3, 0.4) is 0 Å². The monoisotopic (exact) mass is 534 g/mol. The van der Waals surface area contributed by atoms with E-state index in [0.717, 1.165) is 24.7 Å². The second-order valence-electron chi connectivity index (χ2n) is 8.04. The Morgan fingerprint density at radius 3 is 2.28 bits per heavy atom. The number of anilines is 1. The number of nitrogens with one attached hydrogen (secondary N) is 3. The first-order chi connectivity index (χ1) is 16.8. The van der Waals surface area contributed by atoms with Crippen LogP contribution in [0.1, 0.15) is 29.4 Å². The molecule has 2 aromatic rings. The van der Waals surface area contributed by atoms with E-state index < -0.39 is 63.8 Å². The molecule has 4 unspecified atom stereocenters. The van der Waals surface area contributed by atoms with Crippen LogP contribution in [0, 0.1) is 11.6 Å². The van der Waals surface area contributed by atoms with Gasteiger partial charge in [0.2, 0.25) is 15.9 Å². The number of sulfonamides is 1. The van der Waals surface area contributed by atoms with Crippen molar-refractivity contribution in [2.45, 2.75) is 44.1 Å². The lowest BCUT2D eigenvalue weighted by Crippen LogP contribution is -2.56. The summed E-state index contributed by atoms with van der Waals surface area (Å²) in [6.45, 7) is 1.33. The van der Waals surface area contributed by atoms with E-state index in [0.29, 0.717) is 6.07 Å². The topological polar surface area (TPSA) is 180 Å². The van der Waals surface area contributed by atoms with Gasteiger partial charge in [-0.1, -0.05) is 0 Å². The molecule has 2 amide bonds. The molecule has 2 rings (SSSR count). The first-order valence-corrected chi connectivity index (χ1v) is 12.5. The first kappa shape index (κ1) is 29.1. The molecule has 1 aromatic heterocycles. The van der Waals surface area contributed by atoms with Crippen molar-refractivity contribution in [3.8, 4) is 0 Å². The van der Waals surface area contributed by atoms with Gasteiger partial charge < -0.3 is 30.0 Å². The number of aromatic nitrogens is 1. The number of oxazole rings is 1. The lowest BCUT2D eigenvalue weighted by Gasteiger charge is -2.32. The highest BCUT2D eigenvalue weighted by molar-refractivity contribution is 7.91. The van der Waals surface area contributed by atoms with E-state index in [1.807, 2.05) is 4.72 Å². The van der Waals surface area contributed by atoms with E-state index >= 15 is 0 Å². The summed E-state index contributed by atoms with van der Waals surface area (Å²) in [5, 5.41) is 26.6. The fourth-order valence-corrected chi connectivity index (χ4v) is 3.79. The quantitative estimate of drug-likeness (QED) is 0.235. The Morgan fingerprint density at radius 2 is 1.72 bits per heavy atom. The Kier molecular flexibility index (Phi) is 10.3. The third-order valence-electron chi connectivity index (χ3n) is 4.90. The van der Waals surface area contributed by atoms with Crippen molar-refractivity contribution in [3.05, 3.63) is 47.4 Å². The number of carbonyl (C=O) groups is 2. The number of aliphatic hydroxyl groups excluding tert-OH is 2. The van der Waals surface area contributed by atoms with E-state index in [4.69, 9.17) is 9.15 Å². The largest absolute Gasteiger partial charge is 0.431 e. The Bertz CT molecular complexity index is 1140. The van der Waals surface area contributed by atoms with Crippen LogP contribution in [0.4, 0.5) is 14.8 Å². The second kappa shape index (κ2) is 12.7. The molecule has 5 N–H and O–H groups in total. The molecule has 0 bridgehead atoms. The standard InChI is InChI=1S/C21H28F2N4O8S/c1-11(28)24-15(4-5-34-2)18(29)19(30)16(8-12-6-13(22)9-14(23)7-12)25-20(31)17-10-35-21(26-17)27-36(3,32)33/h6-7,9-10,15-16,18-19,29-30H,4-5,8H2,1-3H3,(H,24,28)(H,25,31)(H,26,27). The van der Waals surface area contributed by atoms with E-state index in [1.54, 1.807) is 0 Å². The van der Waals surface area contributed by atoms with Crippen molar-refractivity contribution >= 4 is 27.9 Å². The SMILES string of the molecule is COCCC(NC(C)=O)C(O)C(O)C(Cc1cc(F)cc(F)c1)NC(=O)c1coc(NS(C)(=O)=O)n1. The zero-order valence-corrected chi connectivity index (χ0v) is 20.5. The highest BCUT2D eigenvalue weighted by Crippen LogP contribution is 2.17. The molecule has 200 valence electrons. The summed E-state index contributed by atoms with van der Waals surface area (Å²) < 4.78 is 61.9. The average Bonchev–Trinajstić information content (AvgIpc) is 3.21. The number of methoxy groups -OCH3 is 1. The molecule has 4 atom stereocenters. The maximum absolute atomic E-state index is 13.7. The Balaban J connectivity index is 2.32. The van der Waals surface area contributed by atoms with E-state index in [2.05, 4.69) is 15.6 Å². The number of benzene rings is 1. The minimum atomic E-state index is -3.74. The molecule has 12 nitrogen and oxygen atoms in total. The average molecular weight is 535 g/mol. The number of amides is 2. The molecule has 1 aromatic carbocycles. The van der Waals surface area contributed by atoms with Crippen LogP contribution in [-0.4, -0.2) is 79.7 Å². The molecular formula is C21H28F2N4O8S. The van der Waals surface area contributed by atoms with Gasteiger partial charge >= 0.3 is 6.01 Å². The molecule has 0 aliphatic heterocycles. The number of nitrogens with zero attached hydrogens (tertiary/aromatic N) is 1. The molecule has 15 heteroatoms. The van der Waals surface area contributed by atoms with Crippen LogP contribution in [0.2, 0.25) is 0 Å². The summed E-state index contributed by atoms with van der Waals surface area (Å²) in [7, 11) is -2.34. The van der Waals surface area contributed by atoms with Crippen molar-refractivity contribution in [3.63, 3.8) is 0 Å². The molecule has 0 saturated carbocycles. The van der Waals surface area contributed by atoms with Gasteiger partial charge in [-0.25, -0.2) is 21.9 Å². The second-order valence-corrected chi connectivity index (χ2v) is 9.79. The van der Waals surface area contributed by atoms with Crippen LogP contribution in [-0.2, 0) is 26.0 Å². The number of carbonyl (C=O) groups excluding carboxylic acids is 2. The number of hydrogen-bond donors (Lipinski definition) is 5. The molecule has 0 spiro atoms. The summed E-state index contributed by atoms with van der Waals surface area (Å²) >= 11 is 0. The molecule has 0 radical (unpaired) electrons. The predicted octanol–water partition coefficient (Wildman–Crippen LogP) is -0.0716. The van der Waals surface area contributed by atoms with E-state index in [-0.39, 0.29) is 30.7 Å². The normalized spacial score (nSPS) is 15.0. The Morgan fingerprint density at radius 1 is 1.11 bits per heavy atom. The number of aliphatic hydroxyl groups is 2. The van der Waals surface area contributed by atoms with Crippen LogP contribution in [0.15, 0.2) is 28.9 Å². The summed E-state index contributed by atoms with van der Waals surface area (Å²) in [6.07, 6.45) is -1.90. The number of hydrogen-bond acceptors (Lipinski definition) is 9. The summed E-state index contributed by atoms with van der Waals surface area (Å²) in [5.41, 5.74) is -0.326. The summed E-state index contributed by atoms with van der Waals surface area (Å²) in [5.74, 6) is -3.23. The molecule has 0 aliphatic rings. The van der Waals surface area contributed by atoms with Crippen LogP contribution >= 0.6 is 0 Å². The number of halogens is 2. The lowest BCUT2D eigenvalue weighted by molar-refractivity contribution is -0.121. The third kappa shape index (κ3) is 9.14. The van der Waals surface area contributed by atoms with Crippen molar-refractivity contribution < 1.29 is 46.2 Å². The third-order valence-corrected chi connectivity index (χ3v) is 5.45. The number of ether oxygens (including phenoxy) is 1. The van der Waals surface area contributed by atoms with Crippen LogP contribution in [0.5, 0.6) is 0 Å². The summed E-state index contributed by atoms with van der Waals surface area (Å²) in [4.78, 5) is 28.0. The molecular weight excluding hydrogens is 506 g/mol. The van der Waals surface area contributed by atoms with Gasteiger partial charge in [-0.15, -0.1) is 0 Å². The maximum Gasteiger partial charge on any atom is 0.309 e. The van der Waals surface area contributed by atoms with Gasteiger partial charge in [0.05, 0.1) is 18.3 Å². The molecule has 1 heterocycles. The molecule has 36 heavy (non-hydrogen) atoms. The van der Waals surface area contributed by atoms with Gasteiger partial charge in [0.1, 0.15) is 30.1 Å². The number of rotatable bonds is 13. The Labute approximate surface area is 206 Å². The maximum atomic E-state index is 13.7. The molecule has 0 fully saturated rings. The highest BCUT2D eigenvalue weighted by Gasteiger charge is 2.34. The van der Waals surface area contributed by atoms with Gasteiger partial charge in [0.15, 0.2) is 5.69 Å². The van der Waals surface area contributed by atoms with E-state index in [1.165, 1.54) is 14.0 Å². The predicted molar refractivity (Wildman–Crippen MR) is 122 cm³/mol. The zero-order chi connectivity index (χ0) is 27.0. The minimum absolute atomic E-state index is 0.0524. The fraction of sp³-hybridized carbons (Fsp3) is 0.476. The van der Waals surface area contributed by atoms with Gasteiger partial charge in [-0.2, -0.15) is 4.98 Å².